The van der Waals surface area contributed by atoms with Gasteiger partial charge in [-0.2, -0.15) is 0 Å². The van der Waals surface area contributed by atoms with Gasteiger partial charge in [0.25, 0.3) is 5.91 Å². The van der Waals surface area contributed by atoms with Crippen molar-refractivity contribution in [2.75, 3.05) is 19.6 Å². The van der Waals surface area contributed by atoms with E-state index in [1.807, 2.05) is 54.6 Å². The summed E-state index contributed by atoms with van der Waals surface area (Å²) in [6.07, 6.45) is 2.04. The van der Waals surface area contributed by atoms with Crippen LogP contribution in [0.5, 0.6) is 5.75 Å². The Morgan fingerprint density at radius 1 is 1.00 bits per heavy atom. The van der Waals surface area contributed by atoms with Gasteiger partial charge < -0.3 is 19.4 Å². The molecule has 0 radical (unpaired) electrons. The van der Waals surface area contributed by atoms with Gasteiger partial charge in [0.1, 0.15) is 17.9 Å². The van der Waals surface area contributed by atoms with Gasteiger partial charge in [-0.25, -0.2) is 0 Å². The second kappa shape index (κ2) is 8.17. The summed E-state index contributed by atoms with van der Waals surface area (Å²) in [5.41, 5.74) is 1.29. The number of ether oxygens (including phenoxy) is 1. The van der Waals surface area contributed by atoms with Gasteiger partial charge in [-0.15, -0.1) is 0 Å². The molecule has 0 saturated carbocycles. The van der Waals surface area contributed by atoms with E-state index in [-0.39, 0.29) is 24.8 Å². The molecule has 0 atom stereocenters. The van der Waals surface area contributed by atoms with Gasteiger partial charge in [0.2, 0.25) is 5.91 Å². The summed E-state index contributed by atoms with van der Waals surface area (Å²) in [5.74, 6) is 0.425. The lowest BCUT2D eigenvalue weighted by Crippen LogP contribution is -2.38. The van der Waals surface area contributed by atoms with Gasteiger partial charge in [0.15, 0.2) is 5.76 Å². The van der Waals surface area contributed by atoms with E-state index in [2.05, 4.69) is 5.32 Å². The van der Waals surface area contributed by atoms with Gasteiger partial charge in [0, 0.05) is 24.0 Å². The Morgan fingerprint density at radius 2 is 1.71 bits per heavy atom. The summed E-state index contributed by atoms with van der Waals surface area (Å²) in [7, 11) is 0. The number of rotatable bonds is 6. The molecule has 1 fully saturated rings. The molecule has 6 nitrogen and oxygen atoms in total. The number of hydrogen-bond acceptors (Lipinski definition) is 4. The summed E-state index contributed by atoms with van der Waals surface area (Å²) >= 11 is 0. The number of hydrogen-bond donors (Lipinski definition) is 1. The first-order valence-corrected chi connectivity index (χ1v) is 9.46. The first-order valence-electron chi connectivity index (χ1n) is 9.46. The van der Waals surface area contributed by atoms with Crippen LogP contribution in [0.15, 0.2) is 59.0 Å². The van der Waals surface area contributed by atoms with Crippen LogP contribution in [0.4, 0.5) is 0 Å². The highest BCUT2D eigenvalue weighted by Crippen LogP contribution is 2.27. The van der Waals surface area contributed by atoms with E-state index < -0.39 is 5.91 Å². The Morgan fingerprint density at radius 3 is 2.50 bits per heavy atom. The van der Waals surface area contributed by atoms with E-state index in [1.54, 1.807) is 4.90 Å². The van der Waals surface area contributed by atoms with Crippen molar-refractivity contribution >= 4 is 22.8 Å². The van der Waals surface area contributed by atoms with Crippen molar-refractivity contribution in [1.29, 1.82) is 0 Å². The van der Waals surface area contributed by atoms with Gasteiger partial charge in [-0.05, 0) is 31.0 Å². The topological polar surface area (TPSA) is 71.8 Å². The number of benzene rings is 2. The third-order valence-electron chi connectivity index (χ3n) is 4.89. The Balaban J connectivity index is 1.51. The quantitative estimate of drug-likeness (QED) is 0.714. The maximum Gasteiger partial charge on any atom is 0.287 e. The van der Waals surface area contributed by atoms with Gasteiger partial charge in [-0.1, -0.05) is 36.4 Å². The number of likely N-dealkylation sites (tertiary alicyclic amines) is 1. The fraction of sp³-hybridized carbons (Fsp3) is 0.273. The van der Waals surface area contributed by atoms with Crippen LogP contribution in [0.25, 0.3) is 11.0 Å². The Hall–Kier alpha value is -3.28. The number of amides is 2. The lowest BCUT2D eigenvalue weighted by atomic mass is 10.1. The highest BCUT2D eigenvalue weighted by atomic mass is 16.5. The fourth-order valence-corrected chi connectivity index (χ4v) is 3.41. The van der Waals surface area contributed by atoms with Crippen molar-refractivity contribution in [3.8, 4) is 5.75 Å². The number of nitrogens with one attached hydrogen (secondary N) is 1. The van der Waals surface area contributed by atoms with E-state index in [1.165, 1.54) is 0 Å². The smallest absolute Gasteiger partial charge is 0.287 e. The van der Waals surface area contributed by atoms with Crippen LogP contribution in [-0.4, -0.2) is 36.3 Å². The van der Waals surface area contributed by atoms with E-state index in [0.717, 1.165) is 31.3 Å². The highest BCUT2D eigenvalue weighted by molar-refractivity contribution is 6.00. The van der Waals surface area contributed by atoms with E-state index in [0.29, 0.717) is 16.9 Å². The zero-order valence-electron chi connectivity index (χ0n) is 15.5. The highest BCUT2D eigenvalue weighted by Gasteiger charge is 2.23. The van der Waals surface area contributed by atoms with Crippen LogP contribution in [0.1, 0.15) is 29.0 Å². The van der Waals surface area contributed by atoms with Crippen molar-refractivity contribution in [2.24, 2.45) is 0 Å². The number of carbonyl (C=O) groups excluding carboxylic acids is 2. The predicted octanol–water partition coefficient (Wildman–Crippen LogP) is 3.36. The maximum absolute atomic E-state index is 12.7. The standard InChI is InChI=1S/C22H22N2O4/c25-20(24-12-6-7-13-24)14-23-22(26)21-18(15-27-16-8-2-1-3-9-16)17-10-4-5-11-19(17)28-21/h1-5,8-11H,6-7,12-15H2,(H,23,26). The maximum atomic E-state index is 12.7. The molecule has 0 aliphatic carbocycles. The van der Waals surface area contributed by atoms with E-state index in [9.17, 15) is 9.59 Å². The second-order valence-electron chi connectivity index (χ2n) is 6.78. The molecule has 2 aromatic carbocycles. The molecule has 1 N–H and O–H groups in total. The number of furan rings is 1. The zero-order chi connectivity index (χ0) is 19.3. The minimum Gasteiger partial charge on any atom is -0.489 e. The molecule has 1 saturated heterocycles. The molecule has 6 heteroatoms. The summed E-state index contributed by atoms with van der Waals surface area (Å²) < 4.78 is 11.6. The molecule has 2 heterocycles. The molecule has 1 aromatic heterocycles. The summed E-state index contributed by atoms with van der Waals surface area (Å²) in [6, 6.07) is 16.9. The monoisotopic (exact) mass is 378 g/mol. The summed E-state index contributed by atoms with van der Waals surface area (Å²) in [4.78, 5) is 26.7. The average molecular weight is 378 g/mol. The van der Waals surface area contributed by atoms with Gasteiger partial charge in [-0.3, -0.25) is 9.59 Å². The Labute approximate surface area is 163 Å². The summed E-state index contributed by atoms with van der Waals surface area (Å²) in [5, 5.41) is 3.52. The molecule has 1 aliphatic heterocycles. The molecular weight excluding hydrogens is 356 g/mol. The normalized spacial score (nSPS) is 13.6. The van der Waals surface area contributed by atoms with Crippen LogP contribution >= 0.6 is 0 Å². The Bertz CT molecular complexity index is 975. The average Bonchev–Trinajstić information content (AvgIpc) is 3.39. The predicted molar refractivity (Wildman–Crippen MR) is 105 cm³/mol. The van der Waals surface area contributed by atoms with Gasteiger partial charge in [0.05, 0.1) is 6.54 Å². The first-order chi connectivity index (χ1) is 13.7. The lowest BCUT2D eigenvalue weighted by Gasteiger charge is -2.15. The van der Waals surface area contributed by atoms with Crippen molar-refractivity contribution in [3.63, 3.8) is 0 Å². The third-order valence-corrected chi connectivity index (χ3v) is 4.89. The minimum absolute atomic E-state index is 0.0329. The Kier molecular flexibility index (Phi) is 5.28. The zero-order valence-corrected chi connectivity index (χ0v) is 15.5. The van der Waals surface area contributed by atoms with Gasteiger partial charge >= 0.3 is 0 Å². The lowest BCUT2D eigenvalue weighted by molar-refractivity contribution is -0.129. The number of para-hydroxylation sites is 2. The number of nitrogens with zero attached hydrogens (tertiary/aromatic N) is 1. The van der Waals surface area contributed by atoms with E-state index >= 15 is 0 Å². The SMILES string of the molecule is O=C(NCC(=O)N1CCCC1)c1oc2ccccc2c1COc1ccccc1. The molecule has 1 aliphatic rings. The van der Waals surface area contributed by atoms with Crippen molar-refractivity contribution in [2.45, 2.75) is 19.4 Å². The van der Waals surface area contributed by atoms with Crippen LogP contribution in [0.3, 0.4) is 0 Å². The molecule has 0 unspecified atom stereocenters. The summed E-state index contributed by atoms with van der Waals surface area (Å²) in [6.45, 7) is 1.68. The van der Waals surface area contributed by atoms with Crippen LogP contribution < -0.4 is 10.1 Å². The first kappa shape index (κ1) is 18.1. The van der Waals surface area contributed by atoms with Crippen molar-refractivity contribution in [3.05, 3.63) is 65.9 Å². The molecule has 144 valence electrons. The van der Waals surface area contributed by atoms with Crippen molar-refractivity contribution < 1.29 is 18.7 Å². The molecule has 4 rings (SSSR count). The molecule has 2 amide bonds. The number of fused-ring (bicyclic) bond motifs is 1. The van der Waals surface area contributed by atoms with Crippen LogP contribution in [0, 0.1) is 0 Å². The van der Waals surface area contributed by atoms with Crippen LogP contribution in [-0.2, 0) is 11.4 Å². The van der Waals surface area contributed by atoms with E-state index in [4.69, 9.17) is 9.15 Å². The number of carbonyl (C=O) groups is 2. The van der Waals surface area contributed by atoms with Crippen molar-refractivity contribution in [1.82, 2.24) is 10.2 Å². The largest absolute Gasteiger partial charge is 0.489 e. The fourth-order valence-electron chi connectivity index (χ4n) is 3.41. The van der Waals surface area contributed by atoms with Crippen LogP contribution in [0.2, 0.25) is 0 Å². The second-order valence-corrected chi connectivity index (χ2v) is 6.78. The molecule has 3 aromatic rings. The third kappa shape index (κ3) is 3.86. The molecule has 28 heavy (non-hydrogen) atoms. The molecular formula is C22H22N2O4. The molecule has 0 spiro atoms. The molecule has 0 bridgehead atoms. The minimum atomic E-state index is -0.407.